The van der Waals surface area contributed by atoms with E-state index in [0.29, 0.717) is 5.02 Å². The van der Waals surface area contributed by atoms with Crippen molar-refractivity contribution in [1.29, 1.82) is 0 Å². The van der Waals surface area contributed by atoms with Gasteiger partial charge in [0.25, 0.3) is 0 Å². The van der Waals surface area contributed by atoms with Gasteiger partial charge in [0, 0.05) is 29.6 Å². The van der Waals surface area contributed by atoms with Gasteiger partial charge in [-0.15, -0.1) is 0 Å². The molecule has 0 saturated heterocycles. The molecule has 1 aromatic heterocycles. The molecule has 1 aromatic carbocycles. The summed E-state index contributed by atoms with van der Waals surface area (Å²) in [5, 5.41) is 0.381. The number of benzene rings is 1. The lowest BCUT2D eigenvalue weighted by atomic mass is 10.1. The van der Waals surface area contributed by atoms with Crippen molar-refractivity contribution in [3.8, 4) is 11.1 Å². The molecule has 0 aliphatic heterocycles. The number of hydrogen-bond acceptors (Lipinski definition) is 1. The smallest absolute Gasteiger partial charge is 0.124 e. The van der Waals surface area contributed by atoms with Crippen LogP contribution in [0.3, 0.4) is 0 Å². The summed E-state index contributed by atoms with van der Waals surface area (Å²) in [5.74, 6) is -0.341. The summed E-state index contributed by atoms with van der Waals surface area (Å²) in [6.45, 7) is 0. The monoisotopic (exact) mass is 206 g/mol. The zero-order valence-corrected chi connectivity index (χ0v) is 7.92. The minimum absolute atomic E-state index is 0.341. The molecule has 1 nitrogen and oxygen atoms in total. The first kappa shape index (κ1) is 9.16. The van der Waals surface area contributed by atoms with Crippen molar-refractivity contribution in [2.75, 3.05) is 0 Å². The lowest BCUT2D eigenvalue weighted by Gasteiger charge is -2.02. The van der Waals surface area contributed by atoms with Crippen LogP contribution < -0.4 is 0 Å². The van der Waals surface area contributed by atoms with E-state index in [2.05, 4.69) is 11.1 Å². The molecule has 1 heterocycles. The largest absolute Gasteiger partial charge is 0.263 e. The van der Waals surface area contributed by atoms with Crippen LogP contribution >= 0.6 is 11.6 Å². The van der Waals surface area contributed by atoms with Gasteiger partial charge in [-0.05, 0) is 24.3 Å². The number of pyridine rings is 1. The highest BCUT2D eigenvalue weighted by Crippen LogP contribution is 2.27. The summed E-state index contributed by atoms with van der Waals surface area (Å²) < 4.78 is 12.8. The van der Waals surface area contributed by atoms with Crippen molar-refractivity contribution in [1.82, 2.24) is 4.98 Å². The highest BCUT2D eigenvalue weighted by molar-refractivity contribution is 6.33. The van der Waals surface area contributed by atoms with Crippen molar-refractivity contribution < 1.29 is 4.39 Å². The second-order valence-corrected chi connectivity index (χ2v) is 3.20. The van der Waals surface area contributed by atoms with Crippen molar-refractivity contribution in [2.24, 2.45) is 0 Å². The van der Waals surface area contributed by atoms with E-state index in [-0.39, 0.29) is 5.82 Å². The molecule has 2 rings (SSSR count). The van der Waals surface area contributed by atoms with Crippen molar-refractivity contribution in [3.05, 3.63) is 53.6 Å². The molecule has 69 valence electrons. The van der Waals surface area contributed by atoms with Crippen LogP contribution in [0.4, 0.5) is 4.39 Å². The van der Waals surface area contributed by atoms with Crippen molar-refractivity contribution >= 4 is 11.6 Å². The minimum Gasteiger partial charge on any atom is -0.263 e. The van der Waals surface area contributed by atoms with Gasteiger partial charge in [0.15, 0.2) is 0 Å². The Morgan fingerprint density at radius 2 is 2.21 bits per heavy atom. The molecule has 0 aliphatic rings. The normalized spacial score (nSPS) is 10.1. The minimum atomic E-state index is -0.341. The highest BCUT2D eigenvalue weighted by atomic mass is 35.5. The molecule has 0 aliphatic carbocycles. The van der Waals surface area contributed by atoms with Crippen molar-refractivity contribution in [3.63, 3.8) is 0 Å². The Kier molecular flexibility index (Phi) is 2.46. The Balaban J connectivity index is 2.53. The average molecular weight is 207 g/mol. The number of halogens is 2. The second-order valence-electron chi connectivity index (χ2n) is 2.80. The first-order valence-electron chi connectivity index (χ1n) is 4.04. The fraction of sp³-hybridized carbons (Fsp3) is 0. The zero-order chi connectivity index (χ0) is 9.97. The maximum atomic E-state index is 12.8. The molecule has 0 bridgehead atoms. The first-order chi connectivity index (χ1) is 6.77. The number of rotatable bonds is 1. The third-order valence-electron chi connectivity index (χ3n) is 1.84. The topological polar surface area (TPSA) is 12.9 Å². The van der Waals surface area contributed by atoms with Crippen LogP contribution in [0, 0.1) is 11.9 Å². The van der Waals surface area contributed by atoms with Gasteiger partial charge < -0.3 is 0 Å². The molecule has 14 heavy (non-hydrogen) atoms. The molecule has 2 aromatic rings. The summed E-state index contributed by atoms with van der Waals surface area (Å²) >= 11 is 5.88. The summed E-state index contributed by atoms with van der Waals surface area (Å²) in [6, 6.07) is 8.87. The summed E-state index contributed by atoms with van der Waals surface area (Å²) in [7, 11) is 0. The van der Waals surface area contributed by atoms with Crippen molar-refractivity contribution in [2.45, 2.75) is 0 Å². The van der Waals surface area contributed by atoms with Crippen LogP contribution in [-0.2, 0) is 0 Å². The van der Waals surface area contributed by atoms with Crippen LogP contribution in [0.5, 0.6) is 0 Å². The fourth-order valence-corrected chi connectivity index (χ4v) is 1.47. The molecular formula is C11H6ClFN. The van der Waals surface area contributed by atoms with E-state index in [1.165, 1.54) is 12.1 Å². The quantitative estimate of drug-likeness (QED) is 0.698. The molecular weight excluding hydrogens is 201 g/mol. The van der Waals surface area contributed by atoms with Gasteiger partial charge in [-0.1, -0.05) is 11.6 Å². The molecule has 0 spiro atoms. The van der Waals surface area contributed by atoms with Gasteiger partial charge in [-0.3, -0.25) is 4.98 Å². The average Bonchev–Trinajstić information content (AvgIpc) is 2.19. The van der Waals surface area contributed by atoms with Crippen LogP contribution in [0.2, 0.25) is 5.02 Å². The van der Waals surface area contributed by atoms with E-state index in [0.717, 1.165) is 11.1 Å². The molecule has 0 fully saturated rings. The predicted octanol–water partition coefficient (Wildman–Crippen LogP) is 3.34. The van der Waals surface area contributed by atoms with E-state index in [9.17, 15) is 4.39 Å². The van der Waals surface area contributed by atoms with E-state index in [1.54, 1.807) is 24.5 Å². The second kappa shape index (κ2) is 3.76. The Morgan fingerprint density at radius 1 is 1.36 bits per heavy atom. The maximum Gasteiger partial charge on any atom is 0.124 e. The lowest BCUT2D eigenvalue weighted by Crippen LogP contribution is -1.82. The standard InChI is InChI=1S/C11H6ClFN/c12-11-6-9(13)3-4-10(11)8-2-1-5-14-7-8/h2-7H. The van der Waals surface area contributed by atoms with Gasteiger partial charge in [0.2, 0.25) is 0 Å². The lowest BCUT2D eigenvalue weighted by molar-refractivity contribution is 0.628. The van der Waals surface area contributed by atoms with Gasteiger partial charge >= 0.3 is 0 Å². The van der Waals surface area contributed by atoms with E-state index >= 15 is 0 Å². The van der Waals surface area contributed by atoms with Gasteiger partial charge in [-0.25, -0.2) is 4.39 Å². The first-order valence-corrected chi connectivity index (χ1v) is 4.42. The SMILES string of the molecule is Fc1ccc(-c2c[c]cnc2)c(Cl)c1. The molecule has 0 saturated carbocycles. The summed E-state index contributed by atoms with van der Waals surface area (Å²) in [4.78, 5) is 3.92. The predicted molar refractivity (Wildman–Crippen MR) is 53.5 cm³/mol. The van der Waals surface area contributed by atoms with Gasteiger partial charge in [-0.2, -0.15) is 0 Å². The zero-order valence-electron chi connectivity index (χ0n) is 7.17. The number of nitrogens with zero attached hydrogens (tertiary/aromatic N) is 1. The Hall–Kier alpha value is -1.41. The molecule has 0 unspecified atom stereocenters. The van der Waals surface area contributed by atoms with Gasteiger partial charge in [0.05, 0.1) is 5.02 Å². The Bertz CT molecular complexity index is 442. The van der Waals surface area contributed by atoms with E-state index in [4.69, 9.17) is 11.6 Å². The Morgan fingerprint density at radius 3 is 2.86 bits per heavy atom. The van der Waals surface area contributed by atoms with E-state index < -0.39 is 0 Å². The molecule has 1 radical (unpaired) electrons. The van der Waals surface area contributed by atoms with Crippen LogP contribution in [0.1, 0.15) is 0 Å². The summed E-state index contributed by atoms with van der Waals surface area (Å²) in [5.41, 5.74) is 1.59. The van der Waals surface area contributed by atoms with Crippen LogP contribution in [-0.4, -0.2) is 4.98 Å². The summed E-state index contributed by atoms with van der Waals surface area (Å²) in [6.07, 6.45) is 3.22. The third kappa shape index (κ3) is 1.75. The molecule has 0 atom stereocenters. The Labute approximate surface area is 86.2 Å². The van der Waals surface area contributed by atoms with Crippen LogP contribution in [0.25, 0.3) is 11.1 Å². The maximum absolute atomic E-state index is 12.8. The van der Waals surface area contributed by atoms with Crippen LogP contribution in [0.15, 0.2) is 36.7 Å². The number of aromatic nitrogens is 1. The molecule has 0 amide bonds. The molecule has 0 N–H and O–H groups in total. The fourth-order valence-electron chi connectivity index (χ4n) is 1.20. The van der Waals surface area contributed by atoms with E-state index in [1.807, 2.05) is 0 Å². The third-order valence-corrected chi connectivity index (χ3v) is 2.16. The number of hydrogen-bond donors (Lipinski definition) is 0. The highest BCUT2D eigenvalue weighted by Gasteiger charge is 2.03. The van der Waals surface area contributed by atoms with Gasteiger partial charge in [0.1, 0.15) is 5.82 Å². The molecule has 3 heteroatoms.